The van der Waals surface area contributed by atoms with Crippen LogP contribution < -0.4 is 4.90 Å². The second-order valence-electron chi connectivity index (χ2n) is 10.6. The van der Waals surface area contributed by atoms with Crippen LogP contribution >= 0.6 is 11.3 Å². The van der Waals surface area contributed by atoms with Crippen LogP contribution in [0.2, 0.25) is 0 Å². The molecule has 7 aromatic carbocycles. The standard InChI is InChI=1S/C40H27NS/c1-2-15-32(16-3-1)41(37-20-10-22-39-40(37)36-18-6-7-21-38(36)42-39)33-25-23-28(24-26-33)30-13-8-14-31(27-30)35-19-9-12-29-11-4-5-17-34(29)35/h1-27H. The summed E-state index contributed by atoms with van der Waals surface area (Å²) in [7, 11) is 0. The normalized spacial score (nSPS) is 11.3. The van der Waals surface area contributed by atoms with Gasteiger partial charge in [0.05, 0.1) is 5.69 Å². The fourth-order valence-corrected chi connectivity index (χ4v) is 7.22. The van der Waals surface area contributed by atoms with Crippen molar-refractivity contribution in [3.05, 3.63) is 164 Å². The molecule has 0 atom stereocenters. The van der Waals surface area contributed by atoms with Gasteiger partial charge < -0.3 is 4.90 Å². The number of fused-ring (bicyclic) bond motifs is 4. The fourth-order valence-electron chi connectivity index (χ4n) is 6.09. The smallest absolute Gasteiger partial charge is 0.0554 e. The van der Waals surface area contributed by atoms with Crippen LogP contribution in [0.15, 0.2) is 164 Å². The van der Waals surface area contributed by atoms with Crippen molar-refractivity contribution in [3.63, 3.8) is 0 Å². The van der Waals surface area contributed by atoms with E-state index in [9.17, 15) is 0 Å². The summed E-state index contributed by atoms with van der Waals surface area (Å²) in [6, 6.07) is 59.1. The molecule has 8 rings (SSSR count). The van der Waals surface area contributed by atoms with Crippen LogP contribution in [0.3, 0.4) is 0 Å². The van der Waals surface area contributed by atoms with E-state index in [1.54, 1.807) is 0 Å². The lowest BCUT2D eigenvalue weighted by Gasteiger charge is -2.26. The first kappa shape index (κ1) is 24.6. The summed E-state index contributed by atoms with van der Waals surface area (Å²) < 4.78 is 2.62. The minimum Gasteiger partial charge on any atom is -0.310 e. The highest BCUT2D eigenvalue weighted by Gasteiger charge is 2.18. The van der Waals surface area contributed by atoms with Crippen LogP contribution in [0.25, 0.3) is 53.2 Å². The highest BCUT2D eigenvalue weighted by Crippen LogP contribution is 2.45. The molecule has 0 aliphatic rings. The molecular formula is C40H27NS. The molecule has 0 fully saturated rings. The zero-order valence-electron chi connectivity index (χ0n) is 22.9. The molecule has 0 bridgehead atoms. The van der Waals surface area contributed by atoms with Gasteiger partial charge in [0.1, 0.15) is 0 Å². The molecule has 0 N–H and O–H groups in total. The third-order valence-corrected chi connectivity index (χ3v) is 9.19. The number of hydrogen-bond acceptors (Lipinski definition) is 2. The average Bonchev–Trinajstić information content (AvgIpc) is 3.45. The van der Waals surface area contributed by atoms with Crippen LogP contribution in [-0.4, -0.2) is 0 Å². The van der Waals surface area contributed by atoms with Gasteiger partial charge in [0.15, 0.2) is 0 Å². The molecule has 1 nitrogen and oxygen atoms in total. The van der Waals surface area contributed by atoms with Crippen molar-refractivity contribution in [2.45, 2.75) is 0 Å². The monoisotopic (exact) mass is 553 g/mol. The Labute approximate surface area is 249 Å². The van der Waals surface area contributed by atoms with Gasteiger partial charge in [-0.2, -0.15) is 0 Å². The van der Waals surface area contributed by atoms with Gasteiger partial charge in [-0.15, -0.1) is 11.3 Å². The molecular weight excluding hydrogens is 527 g/mol. The average molecular weight is 554 g/mol. The SMILES string of the molecule is c1ccc(N(c2ccc(-c3cccc(-c4cccc5ccccc45)c3)cc2)c2cccc3sc4ccccc4c23)cc1. The van der Waals surface area contributed by atoms with E-state index in [1.807, 2.05) is 11.3 Å². The maximum Gasteiger partial charge on any atom is 0.0554 e. The van der Waals surface area contributed by atoms with Crippen LogP contribution in [0.4, 0.5) is 17.1 Å². The van der Waals surface area contributed by atoms with Gasteiger partial charge in [0.2, 0.25) is 0 Å². The van der Waals surface area contributed by atoms with Crippen molar-refractivity contribution in [3.8, 4) is 22.3 Å². The van der Waals surface area contributed by atoms with E-state index in [1.165, 1.54) is 58.9 Å². The molecule has 2 heteroatoms. The number of hydrogen-bond donors (Lipinski definition) is 0. The Balaban J connectivity index is 1.23. The zero-order valence-corrected chi connectivity index (χ0v) is 23.8. The molecule has 0 saturated carbocycles. The van der Waals surface area contributed by atoms with Gasteiger partial charge in [-0.1, -0.05) is 115 Å². The first-order chi connectivity index (χ1) is 20.8. The number of benzene rings is 7. The van der Waals surface area contributed by atoms with Gasteiger partial charge in [0, 0.05) is 31.5 Å². The number of anilines is 3. The van der Waals surface area contributed by atoms with Gasteiger partial charge in [0.25, 0.3) is 0 Å². The quantitative estimate of drug-likeness (QED) is 0.205. The van der Waals surface area contributed by atoms with E-state index in [-0.39, 0.29) is 0 Å². The second-order valence-corrected chi connectivity index (χ2v) is 11.7. The van der Waals surface area contributed by atoms with E-state index in [4.69, 9.17) is 0 Å². The molecule has 0 aliphatic carbocycles. The molecule has 8 aromatic rings. The number of thiophene rings is 1. The predicted octanol–water partition coefficient (Wildman–Crippen LogP) is 12.0. The summed E-state index contributed by atoms with van der Waals surface area (Å²) in [5.74, 6) is 0. The summed E-state index contributed by atoms with van der Waals surface area (Å²) in [6.45, 7) is 0. The highest BCUT2D eigenvalue weighted by molar-refractivity contribution is 7.26. The Morgan fingerprint density at radius 1 is 0.405 bits per heavy atom. The van der Waals surface area contributed by atoms with Crippen LogP contribution in [0.5, 0.6) is 0 Å². The summed E-state index contributed by atoms with van der Waals surface area (Å²) in [6.07, 6.45) is 0. The van der Waals surface area contributed by atoms with Crippen molar-refractivity contribution in [1.29, 1.82) is 0 Å². The van der Waals surface area contributed by atoms with Gasteiger partial charge in [-0.05, 0) is 81.6 Å². The largest absolute Gasteiger partial charge is 0.310 e. The first-order valence-electron chi connectivity index (χ1n) is 14.3. The van der Waals surface area contributed by atoms with E-state index in [0.717, 1.165) is 11.4 Å². The summed E-state index contributed by atoms with van der Waals surface area (Å²) in [4.78, 5) is 2.39. The Hall–Kier alpha value is -5.18. The van der Waals surface area contributed by atoms with Crippen molar-refractivity contribution in [2.24, 2.45) is 0 Å². The Bertz CT molecular complexity index is 2190. The van der Waals surface area contributed by atoms with E-state index in [2.05, 4.69) is 169 Å². The topological polar surface area (TPSA) is 3.24 Å². The molecule has 42 heavy (non-hydrogen) atoms. The van der Waals surface area contributed by atoms with E-state index in [0.29, 0.717) is 0 Å². The molecule has 0 unspecified atom stereocenters. The van der Waals surface area contributed by atoms with Crippen molar-refractivity contribution in [1.82, 2.24) is 0 Å². The molecule has 0 aliphatic heterocycles. The summed E-state index contributed by atoms with van der Waals surface area (Å²) >= 11 is 1.86. The minimum absolute atomic E-state index is 1.14. The Morgan fingerprint density at radius 2 is 1.05 bits per heavy atom. The van der Waals surface area contributed by atoms with Crippen molar-refractivity contribution < 1.29 is 0 Å². The molecule has 1 heterocycles. The number of nitrogens with zero attached hydrogens (tertiary/aromatic N) is 1. The number of rotatable bonds is 5. The zero-order chi connectivity index (χ0) is 27.9. The molecule has 0 spiro atoms. The molecule has 0 amide bonds. The first-order valence-corrected chi connectivity index (χ1v) is 15.1. The summed E-state index contributed by atoms with van der Waals surface area (Å²) in [5, 5.41) is 5.14. The third-order valence-electron chi connectivity index (χ3n) is 8.06. The Kier molecular flexibility index (Phi) is 6.05. The molecule has 198 valence electrons. The van der Waals surface area contributed by atoms with Crippen LogP contribution in [0.1, 0.15) is 0 Å². The molecule has 0 saturated heterocycles. The van der Waals surface area contributed by atoms with Gasteiger partial charge in [-0.3, -0.25) is 0 Å². The second kappa shape index (κ2) is 10.3. The maximum absolute atomic E-state index is 2.39. The lowest BCUT2D eigenvalue weighted by Crippen LogP contribution is -2.10. The maximum atomic E-state index is 2.39. The van der Waals surface area contributed by atoms with E-state index < -0.39 is 0 Å². The van der Waals surface area contributed by atoms with Crippen LogP contribution in [-0.2, 0) is 0 Å². The van der Waals surface area contributed by atoms with Gasteiger partial charge in [-0.25, -0.2) is 0 Å². The third kappa shape index (κ3) is 4.25. The Morgan fingerprint density at radius 3 is 1.93 bits per heavy atom. The number of para-hydroxylation sites is 1. The fraction of sp³-hybridized carbons (Fsp3) is 0. The van der Waals surface area contributed by atoms with E-state index >= 15 is 0 Å². The molecule has 0 radical (unpaired) electrons. The van der Waals surface area contributed by atoms with Gasteiger partial charge >= 0.3 is 0 Å². The van der Waals surface area contributed by atoms with Crippen molar-refractivity contribution >= 4 is 59.3 Å². The van der Waals surface area contributed by atoms with Crippen molar-refractivity contribution in [2.75, 3.05) is 4.90 Å². The predicted molar refractivity (Wildman–Crippen MR) is 182 cm³/mol. The minimum atomic E-state index is 1.14. The lowest BCUT2D eigenvalue weighted by atomic mass is 9.95. The van der Waals surface area contributed by atoms with Crippen LogP contribution in [0, 0.1) is 0 Å². The highest BCUT2D eigenvalue weighted by atomic mass is 32.1. The molecule has 1 aromatic heterocycles. The lowest BCUT2D eigenvalue weighted by molar-refractivity contribution is 1.30. The summed E-state index contributed by atoms with van der Waals surface area (Å²) in [5.41, 5.74) is 8.39.